The number of halogens is 2. The van der Waals surface area contributed by atoms with Crippen molar-refractivity contribution < 1.29 is 8.78 Å². The fraction of sp³-hybridized carbons (Fsp3) is 0.154. The average molecular weight is 275 g/mol. The first-order valence-electron chi connectivity index (χ1n) is 5.98. The van der Waals surface area contributed by atoms with Gasteiger partial charge >= 0.3 is 0 Å². The molecule has 0 aliphatic carbocycles. The molecule has 1 aromatic carbocycles. The Morgan fingerprint density at radius 1 is 1.25 bits per heavy atom. The maximum atomic E-state index is 13.6. The number of nitrogens with one attached hydrogen (secondary N) is 1. The third kappa shape index (κ3) is 2.29. The van der Waals surface area contributed by atoms with E-state index in [2.05, 4.69) is 20.4 Å². The molecule has 1 N–H and O–H groups in total. The standard InChI is InChI=1S/C13H11F2N5/c1-8-4-12(20-13(19-8)17-7-18-20)16-6-9-2-3-10(14)5-11(9)15/h2-5,7,16H,6H2,1H3. The summed E-state index contributed by atoms with van der Waals surface area (Å²) in [6, 6.07) is 5.27. The summed E-state index contributed by atoms with van der Waals surface area (Å²) in [5.41, 5.74) is 1.14. The van der Waals surface area contributed by atoms with Crippen molar-refractivity contribution in [1.82, 2.24) is 19.6 Å². The summed E-state index contributed by atoms with van der Waals surface area (Å²) in [5, 5.41) is 7.08. The normalized spacial score (nSPS) is 10.9. The van der Waals surface area contributed by atoms with Crippen molar-refractivity contribution in [2.45, 2.75) is 13.5 Å². The molecule has 7 heteroatoms. The minimum absolute atomic E-state index is 0.213. The van der Waals surface area contributed by atoms with Gasteiger partial charge in [0.1, 0.15) is 23.8 Å². The summed E-state index contributed by atoms with van der Waals surface area (Å²) < 4.78 is 27.9. The molecule has 3 aromatic rings. The molecule has 0 saturated heterocycles. The van der Waals surface area contributed by atoms with Crippen molar-refractivity contribution in [2.75, 3.05) is 5.32 Å². The molecule has 3 rings (SSSR count). The van der Waals surface area contributed by atoms with E-state index in [9.17, 15) is 8.78 Å². The number of fused-ring (bicyclic) bond motifs is 1. The van der Waals surface area contributed by atoms with Gasteiger partial charge < -0.3 is 5.32 Å². The summed E-state index contributed by atoms with van der Waals surface area (Å²) in [6.07, 6.45) is 1.39. The largest absolute Gasteiger partial charge is 0.366 e. The third-order valence-electron chi connectivity index (χ3n) is 2.85. The molecule has 0 amide bonds. The minimum Gasteiger partial charge on any atom is -0.366 e. The van der Waals surface area contributed by atoms with Crippen molar-refractivity contribution in [1.29, 1.82) is 0 Å². The van der Waals surface area contributed by atoms with Crippen LogP contribution < -0.4 is 5.32 Å². The number of aromatic nitrogens is 4. The molecule has 0 aliphatic heterocycles. The van der Waals surface area contributed by atoms with E-state index in [-0.39, 0.29) is 6.54 Å². The predicted octanol–water partition coefficient (Wildman–Crippen LogP) is 2.32. The van der Waals surface area contributed by atoms with Crippen LogP contribution in [0.5, 0.6) is 0 Å². The van der Waals surface area contributed by atoms with Gasteiger partial charge in [-0.15, -0.1) is 0 Å². The molecule has 2 heterocycles. The Labute approximate surface area is 113 Å². The number of rotatable bonds is 3. The van der Waals surface area contributed by atoms with Crippen LogP contribution in [0.15, 0.2) is 30.6 Å². The van der Waals surface area contributed by atoms with E-state index < -0.39 is 11.6 Å². The Morgan fingerprint density at radius 2 is 2.10 bits per heavy atom. The molecule has 0 saturated carbocycles. The van der Waals surface area contributed by atoms with E-state index in [1.807, 2.05) is 6.92 Å². The molecule has 0 spiro atoms. The number of aryl methyl sites for hydroxylation is 1. The van der Waals surface area contributed by atoms with E-state index in [1.165, 1.54) is 23.0 Å². The number of hydrogen-bond acceptors (Lipinski definition) is 4. The summed E-state index contributed by atoms with van der Waals surface area (Å²) >= 11 is 0. The fourth-order valence-electron chi connectivity index (χ4n) is 1.91. The maximum Gasteiger partial charge on any atom is 0.254 e. The van der Waals surface area contributed by atoms with Gasteiger partial charge in [-0.25, -0.2) is 13.8 Å². The smallest absolute Gasteiger partial charge is 0.254 e. The van der Waals surface area contributed by atoms with Crippen molar-refractivity contribution in [3.63, 3.8) is 0 Å². The highest BCUT2D eigenvalue weighted by Gasteiger charge is 2.07. The van der Waals surface area contributed by atoms with Gasteiger partial charge in [-0.1, -0.05) is 6.07 Å². The topological polar surface area (TPSA) is 55.1 Å². The molecular formula is C13H11F2N5. The molecule has 2 aromatic heterocycles. The van der Waals surface area contributed by atoms with Crippen LogP contribution in [0.3, 0.4) is 0 Å². The molecule has 102 valence electrons. The van der Waals surface area contributed by atoms with E-state index in [0.29, 0.717) is 17.2 Å². The quantitative estimate of drug-likeness (QED) is 0.797. The predicted molar refractivity (Wildman–Crippen MR) is 69.2 cm³/mol. The molecule has 0 aliphatic rings. The zero-order valence-electron chi connectivity index (χ0n) is 10.6. The van der Waals surface area contributed by atoms with Crippen LogP contribution in [0.2, 0.25) is 0 Å². The lowest BCUT2D eigenvalue weighted by atomic mass is 10.2. The first-order chi connectivity index (χ1) is 9.63. The van der Waals surface area contributed by atoms with Crippen molar-refractivity contribution in [3.8, 4) is 0 Å². The van der Waals surface area contributed by atoms with E-state index in [0.717, 1.165) is 11.8 Å². The lowest BCUT2D eigenvalue weighted by molar-refractivity contribution is 0.574. The maximum absolute atomic E-state index is 13.6. The van der Waals surface area contributed by atoms with Gasteiger partial charge in [0.05, 0.1) is 0 Å². The Balaban J connectivity index is 1.88. The van der Waals surface area contributed by atoms with Crippen LogP contribution in [0, 0.1) is 18.6 Å². The lowest BCUT2D eigenvalue weighted by Gasteiger charge is -2.09. The van der Waals surface area contributed by atoms with E-state index in [4.69, 9.17) is 0 Å². The van der Waals surface area contributed by atoms with Gasteiger partial charge in [-0.3, -0.25) is 0 Å². The average Bonchev–Trinajstić information content (AvgIpc) is 2.85. The van der Waals surface area contributed by atoms with Gasteiger partial charge in [0.25, 0.3) is 5.78 Å². The van der Waals surface area contributed by atoms with Crippen LogP contribution in [-0.2, 0) is 6.54 Å². The van der Waals surface area contributed by atoms with Crippen molar-refractivity contribution >= 4 is 11.6 Å². The molecular weight excluding hydrogens is 264 g/mol. The summed E-state index contributed by atoms with van der Waals surface area (Å²) in [6.45, 7) is 2.04. The minimum atomic E-state index is -0.593. The van der Waals surface area contributed by atoms with E-state index >= 15 is 0 Å². The van der Waals surface area contributed by atoms with Crippen LogP contribution >= 0.6 is 0 Å². The Morgan fingerprint density at radius 3 is 2.90 bits per heavy atom. The highest BCUT2D eigenvalue weighted by molar-refractivity contribution is 5.45. The second-order valence-corrected chi connectivity index (χ2v) is 4.34. The highest BCUT2D eigenvalue weighted by atomic mass is 19.1. The molecule has 5 nitrogen and oxygen atoms in total. The van der Waals surface area contributed by atoms with E-state index in [1.54, 1.807) is 6.07 Å². The SMILES string of the molecule is Cc1cc(NCc2ccc(F)cc2F)n2ncnc2n1. The zero-order chi connectivity index (χ0) is 14.1. The molecule has 0 bridgehead atoms. The van der Waals surface area contributed by atoms with Gasteiger partial charge in [-0.05, 0) is 13.0 Å². The molecule has 0 unspecified atom stereocenters. The molecule has 0 radical (unpaired) electrons. The number of nitrogens with zero attached hydrogens (tertiary/aromatic N) is 4. The Hall–Kier alpha value is -2.57. The number of benzene rings is 1. The van der Waals surface area contributed by atoms with Crippen LogP contribution in [0.4, 0.5) is 14.6 Å². The second kappa shape index (κ2) is 4.84. The van der Waals surface area contributed by atoms with Crippen LogP contribution in [-0.4, -0.2) is 19.6 Å². The second-order valence-electron chi connectivity index (χ2n) is 4.34. The van der Waals surface area contributed by atoms with Gasteiger partial charge in [0.2, 0.25) is 0 Å². The Bertz CT molecular complexity index is 769. The lowest BCUT2D eigenvalue weighted by Crippen LogP contribution is -2.08. The number of hydrogen-bond donors (Lipinski definition) is 1. The van der Waals surface area contributed by atoms with Gasteiger partial charge in [0.15, 0.2) is 0 Å². The molecule has 0 fully saturated rings. The summed E-state index contributed by atoms with van der Waals surface area (Å²) in [4.78, 5) is 8.21. The van der Waals surface area contributed by atoms with Crippen LogP contribution in [0.25, 0.3) is 5.78 Å². The van der Waals surface area contributed by atoms with Crippen molar-refractivity contribution in [3.05, 3.63) is 53.5 Å². The van der Waals surface area contributed by atoms with Crippen LogP contribution in [0.1, 0.15) is 11.3 Å². The fourth-order valence-corrected chi connectivity index (χ4v) is 1.91. The first kappa shape index (κ1) is 12.5. The van der Waals surface area contributed by atoms with Gasteiger partial charge in [-0.2, -0.15) is 14.6 Å². The van der Waals surface area contributed by atoms with Gasteiger partial charge in [0, 0.05) is 29.9 Å². The monoisotopic (exact) mass is 275 g/mol. The third-order valence-corrected chi connectivity index (χ3v) is 2.85. The summed E-state index contributed by atoms with van der Waals surface area (Å²) in [7, 11) is 0. The molecule has 0 atom stereocenters. The highest BCUT2D eigenvalue weighted by Crippen LogP contribution is 2.14. The first-order valence-corrected chi connectivity index (χ1v) is 5.98. The summed E-state index contributed by atoms with van der Waals surface area (Å²) in [5.74, 6) is -0.0661. The molecule has 20 heavy (non-hydrogen) atoms. The Kier molecular flexibility index (Phi) is 3.02. The zero-order valence-corrected chi connectivity index (χ0v) is 10.6. The number of anilines is 1. The van der Waals surface area contributed by atoms with Crippen molar-refractivity contribution in [2.24, 2.45) is 0 Å².